The molecule has 128 valence electrons. The number of nitrogens with zero attached hydrogens (tertiary/aromatic N) is 2. The number of aryl methyl sites for hydroxylation is 3. The van der Waals surface area contributed by atoms with Crippen molar-refractivity contribution in [2.75, 3.05) is 0 Å². The number of nitrogens with one attached hydrogen (secondary N) is 1. The fraction of sp³-hybridized carbons (Fsp3) is 0.300. The molecule has 0 unspecified atom stereocenters. The van der Waals surface area contributed by atoms with E-state index in [1.54, 1.807) is 6.20 Å². The molecule has 5 heteroatoms. The SMILES string of the molecule is Cc1cc(C)c(C(=O)N[C@@H]2c3ccccc3CC[C@@H]2n2ccnc2)o1. The van der Waals surface area contributed by atoms with Crippen molar-refractivity contribution in [1.29, 1.82) is 0 Å². The van der Waals surface area contributed by atoms with Crippen molar-refractivity contribution < 1.29 is 9.21 Å². The molecule has 0 aliphatic heterocycles. The first-order valence-electron chi connectivity index (χ1n) is 8.56. The molecule has 1 aliphatic carbocycles. The number of furan rings is 1. The highest BCUT2D eigenvalue weighted by Gasteiger charge is 2.32. The van der Waals surface area contributed by atoms with Gasteiger partial charge in [0.2, 0.25) is 0 Å². The van der Waals surface area contributed by atoms with Crippen LogP contribution in [0.25, 0.3) is 0 Å². The number of hydrogen-bond donors (Lipinski definition) is 1. The predicted octanol–water partition coefficient (Wildman–Crippen LogP) is 3.75. The van der Waals surface area contributed by atoms with Crippen molar-refractivity contribution >= 4 is 5.91 Å². The molecule has 1 aromatic carbocycles. The Hall–Kier alpha value is -2.82. The summed E-state index contributed by atoms with van der Waals surface area (Å²) in [6, 6.07) is 10.2. The van der Waals surface area contributed by atoms with Crippen LogP contribution in [0.3, 0.4) is 0 Å². The molecule has 5 nitrogen and oxygen atoms in total. The van der Waals surface area contributed by atoms with Crippen molar-refractivity contribution in [2.45, 2.75) is 38.8 Å². The van der Waals surface area contributed by atoms with Gasteiger partial charge < -0.3 is 14.3 Å². The van der Waals surface area contributed by atoms with Gasteiger partial charge in [0.15, 0.2) is 5.76 Å². The quantitative estimate of drug-likeness (QED) is 0.793. The molecule has 0 fully saturated rings. The number of aromatic nitrogens is 2. The largest absolute Gasteiger partial charge is 0.456 e. The summed E-state index contributed by atoms with van der Waals surface area (Å²) in [4.78, 5) is 17.0. The van der Waals surface area contributed by atoms with Gasteiger partial charge in [-0.2, -0.15) is 0 Å². The topological polar surface area (TPSA) is 60.1 Å². The maximum absolute atomic E-state index is 12.8. The third-order valence-electron chi connectivity index (χ3n) is 4.93. The Morgan fingerprint density at radius 1 is 1.32 bits per heavy atom. The molecule has 3 aromatic rings. The summed E-state index contributed by atoms with van der Waals surface area (Å²) in [5.41, 5.74) is 3.32. The lowest BCUT2D eigenvalue weighted by Crippen LogP contribution is -2.37. The van der Waals surface area contributed by atoms with Crippen LogP contribution in [-0.4, -0.2) is 15.5 Å². The Kier molecular flexibility index (Phi) is 3.92. The second-order valence-electron chi connectivity index (χ2n) is 6.64. The van der Waals surface area contributed by atoms with E-state index in [1.807, 2.05) is 38.5 Å². The Bertz CT molecular complexity index is 896. The van der Waals surface area contributed by atoms with Crippen LogP contribution in [0.15, 0.2) is 53.5 Å². The minimum atomic E-state index is -0.169. The normalized spacial score (nSPS) is 19.4. The minimum absolute atomic E-state index is 0.114. The molecule has 0 radical (unpaired) electrons. The monoisotopic (exact) mass is 335 g/mol. The highest BCUT2D eigenvalue weighted by atomic mass is 16.3. The Labute approximate surface area is 146 Å². The van der Waals surface area contributed by atoms with Crippen LogP contribution in [-0.2, 0) is 6.42 Å². The summed E-state index contributed by atoms with van der Waals surface area (Å²) in [6.45, 7) is 3.75. The van der Waals surface area contributed by atoms with Crippen molar-refractivity contribution in [3.63, 3.8) is 0 Å². The van der Waals surface area contributed by atoms with Crippen molar-refractivity contribution in [3.05, 3.63) is 77.3 Å². The van der Waals surface area contributed by atoms with Crippen molar-refractivity contribution in [1.82, 2.24) is 14.9 Å². The number of hydrogen-bond acceptors (Lipinski definition) is 3. The van der Waals surface area contributed by atoms with E-state index in [0.29, 0.717) is 5.76 Å². The molecule has 1 aliphatic rings. The van der Waals surface area contributed by atoms with E-state index >= 15 is 0 Å². The Morgan fingerprint density at radius 3 is 2.88 bits per heavy atom. The van der Waals surface area contributed by atoms with E-state index in [9.17, 15) is 4.79 Å². The van der Waals surface area contributed by atoms with E-state index in [0.717, 1.165) is 24.2 Å². The van der Waals surface area contributed by atoms with Gasteiger partial charge in [-0.3, -0.25) is 4.79 Å². The third-order valence-corrected chi connectivity index (χ3v) is 4.93. The number of imidazole rings is 1. The van der Waals surface area contributed by atoms with E-state index < -0.39 is 0 Å². The van der Waals surface area contributed by atoms with Crippen LogP contribution in [0.2, 0.25) is 0 Å². The Morgan fingerprint density at radius 2 is 2.16 bits per heavy atom. The van der Waals surface area contributed by atoms with Gasteiger partial charge in [-0.25, -0.2) is 4.98 Å². The highest BCUT2D eigenvalue weighted by molar-refractivity contribution is 5.93. The molecule has 1 amide bonds. The zero-order chi connectivity index (χ0) is 17.4. The number of fused-ring (bicyclic) bond motifs is 1. The minimum Gasteiger partial charge on any atom is -0.456 e. The molecule has 2 heterocycles. The molecular formula is C20H21N3O2. The van der Waals surface area contributed by atoms with Crippen molar-refractivity contribution in [3.8, 4) is 0 Å². The van der Waals surface area contributed by atoms with Gasteiger partial charge in [0, 0.05) is 18.0 Å². The van der Waals surface area contributed by atoms with Crippen LogP contribution >= 0.6 is 0 Å². The van der Waals surface area contributed by atoms with Gasteiger partial charge >= 0.3 is 0 Å². The first-order chi connectivity index (χ1) is 12.1. The molecule has 2 atom stereocenters. The zero-order valence-corrected chi connectivity index (χ0v) is 14.4. The van der Waals surface area contributed by atoms with Crippen LogP contribution in [0.5, 0.6) is 0 Å². The fourth-order valence-corrected chi connectivity index (χ4v) is 3.78. The molecule has 4 rings (SSSR count). The molecule has 0 saturated heterocycles. The predicted molar refractivity (Wildman–Crippen MR) is 94.4 cm³/mol. The van der Waals surface area contributed by atoms with Crippen LogP contribution in [0.1, 0.15) is 51.5 Å². The van der Waals surface area contributed by atoms with Gasteiger partial charge in [-0.15, -0.1) is 0 Å². The van der Waals surface area contributed by atoms with E-state index in [2.05, 4.69) is 33.1 Å². The second-order valence-corrected chi connectivity index (χ2v) is 6.64. The van der Waals surface area contributed by atoms with Gasteiger partial charge in [0.05, 0.1) is 18.4 Å². The molecular weight excluding hydrogens is 314 g/mol. The second kappa shape index (κ2) is 6.24. The summed E-state index contributed by atoms with van der Waals surface area (Å²) >= 11 is 0. The lowest BCUT2D eigenvalue weighted by molar-refractivity contribution is 0.0887. The van der Waals surface area contributed by atoms with Crippen molar-refractivity contribution in [2.24, 2.45) is 0 Å². The van der Waals surface area contributed by atoms with E-state index in [4.69, 9.17) is 4.42 Å². The van der Waals surface area contributed by atoms with Crippen LogP contribution in [0, 0.1) is 13.8 Å². The van der Waals surface area contributed by atoms with Gasteiger partial charge in [0.25, 0.3) is 5.91 Å². The van der Waals surface area contributed by atoms with Gasteiger partial charge in [0.1, 0.15) is 5.76 Å². The third kappa shape index (κ3) is 2.86. The first kappa shape index (κ1) is 15.7. The number of benzene rings is 1. The van der Waals surface area contributed by atoms with Crippen LogP contribution in [0.4, 0.5) is 0 Å². The number of carbonyl (C=O) groups is 1. The van der Waals surface area contributed by atoms with E-state index in [1.165, 1.54) is 11.1 Å². The van der Waals surface area contributed by atoms with E-state index in [-0.39, 0.29) is 18.0 Å². The molecule has 0 saturated carbocycles. The average Bonchev–Trinajstić information content (AvgIpc) is 3.24. The standard InChI is InChI=1S/C20H21N3O2/c1-13-11-14(2)25-19(13)20(24)22-18-16-6-4-3-5-15(16)7-8-17(18)23-10-9-21-12-23/h3-6,9-12,17-18H,7-8H2,1-2H3,(H,22,24)/t17-,18+/m0/s1. The smallest absolute Gasteiger partial charge is 0.287 e. The number of rotatable bonds is 3. The maximum atomic E-state index is 12.8. The molecule has 0 spiro atoms. The first-order valence-corrected chi connectivity index (χ1v) is 8.56. The summed E-state index contributed by atoms with van der Waals surface area (Å²) in [6.07, 6.45) is 7.50. The van der Waals surface area contributed by atoms with Crippen LogP contribution < -0.4 is 5.32 Å². The summed E-state index contributed by atoms with van der Waals surface area (Å²) in [7, 11) is 0. The van der Waals surface area contributed by atoms with Gasteiger partial charge in [-0.05, 0) is 43.9 Å². The fourth-order valence-electron chi connectivity index (χ4n) is 3.78. The molecule has 25 heavy (non-hydrogen) atoms. The lowest BCUT2D eigenvalue weighted by Gasteiger charge is -2.34. The summed E-state index contributed by atoms with van der Waals surface area (Å²) in [5, 5.41) is 3.20. The zero-order valence-electron chi connectivity index (χ0n) is 14.4. The average molecular weight is 335 g/mol. The van der Waals surface area contributed by atoms with Gasteiger partial charge in [-0.1, -0.05) is 24.3 Å². The number of carbonyl (C=O) groups excluding carboxylic acids is 1. The highest BCUT2D eigenvalue weighted by Crippen LogP contribution is 2.37. The lowest BCUT2D eigenvalue weighted by atomic mass is 9.83. The molecule has 2 aromatic heterocycles. The maximum Gasteiger partial charge on any atom is 0.287 e. The summed E-state index contributed by atoms with van der Waals surface area (Å²) < 4.78 is 7.68. The number of amides is 1. The molecule has 1 N–H and O–H groups in total. The molecule has 0 bridgehead atoms. The summed E-state index contributed by atoms with van der Waals surface area (Å²) in [5.74, 6) is 0.972. The Balaban J connectivity index is 1.70.